The molecule has 1 atom stereocenters. The van der Waals surface area contributed by atoms with E-state index in [4.69, 9.17) is 22.3 Å². The Bertz CT molecular complexity index is 953. The van der Waals surface area contributed by atoms with Crippen molar-refractivity contribution in [2.24, 2.45) is 22.4 Å². The van der Waals surface area contributed by atoms with Crippen LogP contribution in [0.5, 0.6) is 0 Å². The fourth-order valence-electron chi connectivity index (χ4n) is 2.82. The largest absolute Gasteiger partial charge is 0.404 e. The lowest BCUT2D eigenvalue weighted by Gasteiger charge is -2.28. The van der Waals surface area contributed by atoms with E-state index in [9.17, 15) is 5.26 Å². The summed E-state index contributed by atoms with van der Waals surface area (Å²) in [6.45, 7) is 0. The Hall–Kier alpha value is -3.79. The molecule has 1 aliphatic carbocycles. The highest BCUT2D eigenvalue weighted by Gasteiger charge is 2.35. The van der Waals surface area contributed by atoms with Crippen molar-refractivity contribution in [2.75, 3.05) is 0 Å². The van der Waals surface area contributed by atoms with E-state index in [0.717, 1.165) is 0 Å². The van der Waals surface area contributed by atoms with E-state index in [1.165, 1.54) is 12.3 Å². The normalized spacial score (nSPS) is 21.9. The fourth-order valence-corrected chi connectivity index (χ4v) is 2.82. The summed E-state index contributed by atoms with van der Waals surface area (Å²) in [7, 11) is 0. The van der Waals surface area contributed by atoms with E-state index in [1.54, 1.807) is 36.5 Å². The molecule has 122 valence electrons. The lowest BCUT2D eigenvalue weighted by atomic mass is 9.77. The number of allylic oxidation sites excluding steroid dienone is 5. The van der Waals surface area contributed by atoms with E-state index in [0.29, 0.717) is 28.1 Å². The lowest BCUT2D eigenvalue weighted by Crippen LogP contribution is -2.32. The number of pyridine rings is 1. The van der Waals surface area contributed by atoms with Crippen LogP contribution in [0.1, 0.15) is 5.69 Å². The zero-order valence-electron chi connectivity index (χ0n) is 13.2. The Morgan fingerprint density at radius 1 is 1.28 bits per heavy atom. The molecule has 0 saturated heterocycles. The zero-order chi connectivity index (χ0) is 18.0. The third-order valence-electron chi connectivity index (χ3n) is 4.00. The third kappa shape index (κ3) is 2.66. The smallest absolute Gasteiger partial charge is 0.129 e. The van der Waals surface area contributed by atoms with Crippen LogP contribution < -0.4 is 11.5 Å². The Kier molecular flexibility index (Phi) is 4.10. The molecule has 25 heavy (non-hydrogen) atoms. The van der Waals surface area contributed by atoms with Gasteiger partial charge in [-0.2, -0.15) is 5.26 Å². The van der Waals surface area contributed by atoms with Gasteiger partial charge in [0.25, 0.3) is 0 Å². The number of hydrogen-bond donors (Lipinski definition) is 4. The van der Waals surface area contributed by atoms with Gasteiger partial charge in [-0.3, -0.25) is 15.8 Å². The van der Waals surface area contributed by atoms with E-state index < -0.39 is 5.92 Å². The van der Waals surface area contributed by atoms with Crippen LogP contribution in [0, 0.1) is 28.1 Å². The molecule has 6 N–H and O–H groups in total. The van der Waals surface area contributed by atoms with Crippen LogP contribution in [0.25, 0.3) is 5.70 Å². The molecule has 2 heterocycles. The van der Waals surface area contributed by atoms with Crippen molar-refractivity contribution in [2.45, 2.75) is 0 Å². The number of rotatable bonds is 2. The molecule has 0 saturated carbocycles. The number of nitrogens with zero attached hydrogens (tertiary/aromatic N) is 3. The molecule has 0 amide bonds. The average molecular weight is 329 g/mol. The number of nitrogens with one attached hydrogen (secondary N) is 2. The first-order valence-electron chi connectivity index (χ1n) is 7.46. The Morgan fingerprint density at radius 2 is 2.08 bits per heavy atom. The molecule has 1 aromatic rings. The molecule has 3 rings (SSSR count). The summed E-state index contributed by atoms with van der Waals surface area (Å²) in [4.78, 5) is 8.57. The number of amidine groups is 1. The van der Waals surface area contributed by atoms with Crippen molar-refractivity contribution in [1.82, 2.24) is 4.98 Å². The summed E-state index contributed by atoms with van der Waals surface area (Å²) >= 11 is 0. The number of aliphatic imine (C=N–C) groups is 1. The van der Waals surface area contributed by atoms with Crippen molar-refractivity contribution in [3.63, 3.8) is 0 Å². The predicted octanol–water partition coefficient (Wildman–Crippen LogP) is 1.68. The van der Waals surface area contributed by atoms with Crippen LogP contribution in [-0.4, -0.2) is 22.2 Å². The van der Waals surface area contributed by atoms with E-state index >= 15 is 0 Å². The van der Waals surface area contributed by atoms with E-state index in [2.05, 4.69) is 16.0 Å². The van der Waals surface area contributed by atoms with Gasteiger partial charge in [0.2, 0.25) is 0 Å². The first kappa shape index (κ1) is 16.1. The van der Waals surface area contributed by atoms with Gasteiger partial charge in [-0.15, -0.1) is 0 Å². The minimum Gasteiger partial charge on any atom is -0.404 e. The second kappa shape index (κ2) is 6.37. The molecule has 1 aliphatic heterocycles. The maximum atomic E-state index is 9.79. The van der Waals surface area contributed by atoms with Gasteiger partial charge in [0, 0.05) is 18.0 Å². The second-order valence-corrected chi connectivity index (χ2v) is 5.41. The standard InChI is InChI=1S/C18H15N7/c19-8-11-15(10-4-3-5-13(21)16(10)22)12(9-20)18(23)25-17(11)14-6-1-2-7-24-14/h1-7,9,15,21-22H,20H2,(H2,23,25)/b12-9-,21-13?,22-16?. The van der Waals surface area contributed by atoms with Gasteiger partial charge in [-0.05, 0) is 23.8 Å². The average Bonchev–Trinajstić information content (AvgIpc) is 2.64. The van der Waals surface area contributed by atoms with E-state index in [-0.39, 0.29) is 17.3 Å². The van der Waals surface area contributed by atoms with Crippen LogP contribution in [0.15, 0.2) is 70.5 Å². The number of aromatic nitrogens is 1. The van der Waals surface area contributed by atoms with Crippen molar-refractivity contribution < 1.29 is 0 Å². The molecule has 0 spiro atoms. The molecule has 0 bridgehead atoms. The summed E-state index contributed by atoms with van der Waals surface area (Å²) in [6, 6.07) is 7.46. The van der Waals surface area contributed by atoms with Crippen molar-refractivity contribution in [3.05, 3.63) is 71.2 Å². The van der Waals surface area contributed by atoms with Gasteiger partial charge in [0.05, 0.1) is 34.7 Å². The number of hydrogen-bond acceptors (Lipinski definition) is 7. The fraction of sp³-hybridized carbons (Fsp3) is 0.0556. The maximum Gasteiger partial charge on any atom is 0.129 e. The van der Waals surface area contributed by atoms with Gasteiger partial charge >= 0.3 is 0 Å². The molecule has 7 heteroatoms. The quantitative estimate of drug-likeness (QED) is 0.610. The van der Waals surface area contributed by atoms with Crippen molar-refractivity contribution in [1.29, 1.82) is 16.1 Å². The molecule has 0 fully saturated rings. The monoisotopic (exact) mass is 329 g/mol. The first-order chi connectivity index (χ1) is 12.1. The summed E-state index contributed by atoms with van der Waals surface area (Å²) in [5, 5.41) is 25.9. The van der Waals surface area contributed by atoms with Gasteiger partial charge in [0.1, 0.15) is 11.5 Å². The van der Waals surface area contributed by atoms with Crippen LogP contribution >= 0.6 is 0 Å². The molecule has 2 aliphatic rings. The number of nitriles is 1. The van der Waals surface area contributed by atoms with Gasteiger partial charge in [-0.1, -0.05) is 18.2 Å². The topological polar surface area (TPSA) is 149 Å². The SMILES string of the molecule is N#CC1=C(c2ccccn2)N=C(N)/C(=C\N)C1C1=CC=CC(=N)C1=N. The van der Waals surface area contributed by atoms with Crippen LogP contribution in [-0.2, 0) is 0 Å². The molecule has 1 unspecified atom stereocenters. The Morgan fingerprint density at radius 3 is 2.72 bits per heavy atom. The number of nitrogens with two attached hydrogens (primary N) is 2. The van der Waals surface area contributed by atoms with Gasteiger partial charge in [-0.25, -0.2) is 4.99 Å². The molecule has 7 nitrogen and oxygen atoms in total. The summed E-state index contributed by atoms with van der Waals surface area (Å²) < 4.78 is 0. The van der Waals surface area contributed by atoms with Crippen LogP contribution in [0.4, 0.5) is 0 Å². The highest BCUT2D eigenvalue weighted by atomic mass is 14.9. The van der Waals surface area contributed by atoms with E-state index in [1.807, 2.05) is 0 Å². The predicted molar refractivity (Wildman–Crippen MR) is 96.8 cm³/mol. The third-order valence-corrected chi connectivity index (χ3v) is 4.00. The minimum absolute atomic E-state index is 0.0228. The maximum absolute atomic E-state index is 9.79. The molecule has 1 aromatic heterocycles. The molecule has 0 radical (unpaired) electrons. The van der Waals surface area contributed by atoms with Crippen LogP contribution in [0.2, 0.25) is 0 Å². The van der Waals surface area contributed by atoms with Crippen molar-refractivity contribution >= 4 is 23.0 Å². The molecular formula is C18H15N7. The minimum atomic E-state index is -0.665. The second-order valence-electron chi connectivity index (χ2n) is 5.41. The molecular weight excluding hydrogens is 314 g/mol. The Balaban J connectivity index is 2.26. The van der Waals surface area contributed by atoms with Gasteiger partial charge in [0.15, 0.2) is 0 Å². The summed E-state index contributed by atoms with van der Waals surface area (Å²) in [6.07, 6.45) is 7.79. The zero-order valence-corrected chi connectivity index (χ0v) is 13.2. The van der Waals surface area contributed by atoms with Gasteiger partial charge < -0.3 is 11.5 Å². The molecule has 0 aromatic carbocycles. The summed E-state index contributed by atoms with van der Waals surface area (Å²) in [5.74, 6) is -0.496. The first-order valence-corrected chi connectivity index (χ1v) is 7.46. The lowest BCUT2D eigenvalue weighted by molar-refractivity contribution is 0.910. The summed E-state index contributed by atoms with van der Waals surface area (Å²) in [5.41, 5.74) is 14.0. The highest BCUT2D eigenvalue weighted by molar-refractivity contribution is 6.51. The van der Waals surface area contributed by atoms with Crippen LogP contribution in [0.3, 0.4) is 0 Å². The van der Waals surface area contributed by atoms with Crippen molar-refractivity contribution in [3.8, 4) is 6.07 Å². The highest BCUT2D eigenvalue weighted by Crippen LogP contribution is 2.38. The Labute approximate surface area is 144 Å².